The van der Waals surface area contributed by atoms with E-state index in [1.54, 1.807) is 6.07 Å². The van der Waals surface area contributed by atoms with E-state index in [4.69, 9.17) is 4.98 Å². The molecule has 0 bridgehead atoms. The monoisotopic (exact) mass is 520 g/mol. The third-order valence-electron chi connectivity index (χ3n) is 8.03. The van der Waals surface area contributed by atoms with Gasteiger partial charge in [-0.1, -0.05) is 6.07 Å². The molecule has 0 saturated carbocycles. The van der Waals surface area contributed by atoms with E-state index >= 15 is 4.39 Å². The summed E-state index contributed by atoms with van der Waals surface area (Å²) in [4.78, 5) is 19.8. The molecule has 1 atom stereocenters. The van der Waals surface area contributed by atoms with Crippen LogP contribution < -0.4 is 10.6 Å². The fourth-order valence-electron chi connectivity index (χ4n) is 5.82. The molecule has 2 saturated heterocycles. The Morgan fingerprint density at radius 1 is 1.13 bits per heavy atom. The lowest BCUT2D eigenvalue weighted by molar-refractivity contribution is 0.0950. The molecule has 2 aliphatic heterocycles. The molecule has 0 radical (unpaired) electrons. The van der Waals surface area contributed by atoms with Crippen LogP contribution in [0.2, 0.25) is 0 Å². The molecule has 7 nitrogen and oxygen atoms in total. The highest BCUT2D eigenvalue weighted by atomic mass is 19.1. The molecule has 2 aliphatic rings. The summed E-state index contributed by atoms with van der Waals surface area (Å²) in [6.45, 7) is 3.99. The van der Waals surface area contributed by atoms with Crippen LogP contribution in [-0.4, -0.2) is 63.7 Å². The summed E-state index contributed by atoms with van der Waals surface area (Å²) in [5.41, 5.74) is 4.41. The first-order valence-electron chi connectivity index (χ1n) is 13.6. The highest BCUT2D eigenvalue weighted by Gasteiger charge is 2.21. The molecule has 1 amide bonds. The first kappa shape index (κ1) is 25.0. The highest BCUT2D eigenvalue weighted by Crippen LogP contribution is 2.30. The highest BCUT2D eigenvalue weighted by molar-refractivity contribution is 5.98. The van der Waals surface area contributed by atoms with Crippen LogP contribution in [0.5, 0.6) is 0 Å². The smallest absolute Gasteiger partial charge is 0.251 e. The summed E-state index contributed by atoms with van der Waals surface area (Å²) >= 11 is 0. The molecule has 9 heteroatoms. The van der Waals surface area contributed by atoms with Crippen molar-refractivity contribution in [3.05, 3.63) is 59.5 Å². The van der Waals surface area contributed by atoms with Crippen molar-refractivity contribution in [1.29, 1.82) is 0 Å². The van der Waals surface area contributed by atoms with Gasteiger partial charge in [0.05, 0.1) is 16.7 Å². The zero-order valence-electron chi connectivity index (χ0n) is 21.7. The zero-order valence-corrected chi connectivity index (χ0v) is 21.7. The Morgan fingerprint density at radius 2 is 1.97 bits per heavy atom. The normalized spacial score (nSPS) is 19.1. The Labute approximate surface area is 220 Å². The fraction of sp³-hybridized carbons (Fsp3) is 0.448. The van der Waals surface area contributed by atoms with Crippen LogP contribution in [-0.2, 0) is 7.05 Å². The Bertz CT molecular complexity index is 1460. The van der Waals surface area contributed by atoms with E-state index in [9.17, 15) is 9.18 Å². The molecular weight excluding hydrogens is 486 g/mol. The molecule has 0 aliphatic carbocycles. The van der Waals surface area contributed by atoms with E-state index in [1.807, 2.05) is 52.5 Å². The Kier molecular flexibility index (Phi) is 6.88. The van der Waals surface area contributed by atoms with Crippen LogP contribution in [0.3, 0.4) is 0 Å². The molecule has 38 heavy (non-hydrogen) atoms. The molecule has 2 aromatic carbocycles. The number of halogens is 2. The quantitative estimate of drug-likeness (QED) is 0.350. The van der Waals surface area contributed by atoms with Crippen LogP contribution in [0.15, 0.2) is 42.6 Å². The van der Waals surface area contributed by atoms with Gasteiger partial charge in [0.1, 0.15) is 12.0 Å². The molecule has 2 fully saturated rings. The molecule has 2 N–H and O–H groups in total. The van der Waals surface area contributed by atoms with Gasteiger partial charge in [0.25, 0.3) is 5.91 Å². The summed E-state index contributed by atoms with van der Waals surface area (Å²) in [5.74, 6) is 0.299. The van der Waals surface area contributed by atoms with Crippen LogP contribution in [0, 0.1) is 5.82 Å². The third kappa shape index (κ3) is 4.80. The predicted molar refractivity (Wildman–Crippen MR) is 145 cm³/mol. The maximum Gasteiger partial charge on any atom is 0.251 e. The van der Waals surface area contributed by atoms with E-state index < -0.39 is 6.17 Å². The summed E-state index contributed by atoms with van der Waals surface area (Å²) in [6.07, 6.45) is 5.37. The lowest BCUT2D eigenvalue weighted by Crippen LogP contribution is -2.36. The third-order valence-corrected chi connectivity index (χ3v) is 8.03. The number of nitrogens with zero attached hydrogens (tertiary/aromatic N) is 4. The first-order valence-corrected chi connectivity index (χ1v) is 13.6. The van der Waals surface area contributed by atoms with Gasteiger partial charge in [-0.05, 0) is 81.1 Å². The lowest BCUT2D eigenvalue weighted by atomic mass is 10.0. The minimum atomic E-state index is -0.667. The first-order chi connectivity index (χ1) is 18.5. The second-order valence-electron chi connectivity index (χ2n) is 10.6. The maximum atomic E-state index is 15.1. The van der Waals surface area contributed by atoms with Gasteiger partial charge < -0.3 is 20.1 Å². The van der Waals surface area contributed by atoms with Gasteiger partial charge >= 0.3 is 0 Å². The van der Waals surface area contributed by atoms with Gasteiger partial charge in [-0.25, -0.2) is 13.8 Å². The number of carbonyl (C=O) groups excluding carboxylic acids is 1. The second kappa shape index (κ2) is 10.5. The molecule has 4 heterocycles. The van der Waals surface area contributed by atoms with Crippen molar-refractivity contribution in [2.45, 2.75) is 44.3 Å². The predicted octanol–water partition coefficient (Wildman–Crippen LogP) is 4.61. The van der Waals surface area contributed by atoms with Crippen LogP contribution >= 0.6 is 0 Å². The SMILES string of the molecule is Cn1c2cc(C(=O)NCCCN3CCC(F)CC3)ccc2n2cc(-c3ccc([C@H]4CCCN4)cc3F)nc12. The molecule has 0 spiro atoms. The number of hydrogen-bond acceptors (Lipinski definition) is 4. The number of likely N-dealkylation sites (tertiary alicyclic amines) is 1. The summed E-state index contributed by atoms with van der Waals surface area (Å²) in [5, 5.41) is 6.42. The number of piperidine rings is 1. The number of nitrogens with one attached hydrogen (secondary N) is 2. The molecular formula is C29H34F2N6O. The van der Waals surface area contributed by atoms with Crippen molar-refractivity contribution in [2.24, 2.45) is 7.05 Å². The van der Waals surface area contributed by atoms with Gasteiger partial charge in [0.2, 0.25) is 5.78 Å². The minimum absolute atomic E-state index is 0.118. The molecule has 6 rings (SSSR count). The molecule has 2 aromatic heterocycles. The van der Waals surface area contributed by atoms with E-state index in [0.717, 1.165) is 62.0 Å². The number of aromatic nitrogens is 3. The van der Waals surface area contributed by atoms with E-state index in [0.29, 0.717) is 42.0 Å². The zero-order chi connectivity index (χ0) is 26.2. The molecule has 0 unspecified atom stereocenters. The average molecular weight is 521 g/mol. The molecule has 200 valence electrons. The van der Waals surface area contributed by atoms with Gasteiger partial charge in [-0.15, -0.1) is 0 Å². The van der Waals surface area contributed by atoms with Crippen molar-refractivity contribution in [1.82, 2.24) is 29.5 Å². The number of aryl methyl sites for hydroxylation is 1. The van der Waals surface area contributed by atoms with Crippen molar-refractivity contribution in [2.75, 3.05) is 32.7 Å². The summed E-state index contributed by atoms with van der Waals surface area (Å²) in [7, 11) is 1.90. The summed E-state index contributed by atoms with van der Waals surface area (Å²) in [6, 6.07) is 11.2. The van der Waals surface area contributed by atoms with E-state index in [1.165, 1.54) is 0 Å². The number of rotatable bonds is 7. The maximum absolute atomic E-state index is 15.1. The van der Waals surface area contributed by atoms with Crippen LogP contribution in [0.25, 0.3) is 28.1 Å². The van der Waals surface area contributed by atoms with E-state index in [2.05, 4.69) is 15.5 Å². The van der Waals surface area contributed by atoms with Crippen LogP contribution in [0.1, 0.15) is 54.1 Å². The minimum Gasteiger partial charge on any atom is -0.352 e. The number of imidazole rings is 2. The van der Waals surface area contributed by atoms with Gasteiger partial charge in [-0.2, -0.15) is 0 Å². The lowest BCUT2D eigenvalue weighted by Gasteiger charge is -2.28. The average Bonchev–Trinajstić information content (AvgIpc) is 3.66. The van der Waals surface area contributed by atoms with Crippen molar-refractivity contribution < 1.29 is 13.6 Å². The van der Waals surface area contributed by atoms with Gasteiger partial charge in [0.15, 0.2) is 0 Å². The van der Waals surface area contributed by atoms with Gasteiger partial charge in [0, 0.05) is 50.0 Å². The second-order valence-corrected chi connectivity index (χ2v) is 10.6. The fourth-order valence-corrected chi connectivity index (χ4v) is 5.82. The van der Waals surface area contributed by atoms with E-state index in [-0.39, 0.29) is 17.8 Å². The molecule has 4 aromatic rings. The van der Waals surface area contributed by atoms with Gasteiger partial charge in [-0.3, -0.25) is 9.20 Å². The van der Waals surface area contributed by atoms with Crippen LogP contribution in [0.4, 0.5) is 8.78 Å². The number of alkyl halides is 1. The van der Waals surface area contributed by atoms with Crippen molar-refractivity contribution >= 4 is 22.7 Å². The summed E-state index contributed by atoms with van der Waals surface area (Å²) < 4.78 is 32.2. The van der Waals surface area contributed by atoms with Crippen molar-refractivity contribution in [3.8, 4) is 11.3 Å². The van der Waals surface area contributed by atoms with Crippen molar-refractivity contribution in [3.63, 3.8) is 0 Å². The standard InChI is InChI=1S/C29H34F2N6O/c1-35-27-17-20(28(38)33-12-3-13-36-14-9-21(30)10-15-36)6-8-26(27)37-18-25(34-29(35)37)22-7-5-19(16-23(22)31)24-4-2-11-32-24/h5-8,16-18,21,24,32H,2-4,9-15H2,1H3,(H,33,38)/t24-/m1/s1. The topological polar surface area (TPSA) is 66.6 Å². The largest absolute Gasteiger partial charge is 0.352 e. The Balaban J connectivity index is 1.15. The number of amides is 1. The Hall–Kier alpha value is -3.30. The number of hydrogen-bond donors (Lipinski definition) is 2. The number of carbonyl (C=O) groups is 1. The number of fused-ring (bicyclic) bond motifs is 3. The Morgan fingerprint density at radius 3 is 2.74 bits per heavy atom. The number of benzene rings is 2.